The van der Waals surface area contributed by atoms with E-state index in [9.17, 15) is 14.7 Å². The number of carbonyl (C=O) groups is 2. The summed E-state index contributed by atoms with van der Waals surface area (Å²) in [6.07, 6.45) is 2.81. The molecule has 0 aliphatic carbocycles. The summed E-state index contributed by atoms with van der Waals surface area (Å²) in [4.78, 5) is 26.4. The van der Waals surface area contributed by atoms with E-state index in [0.717, 1.165) is 0 Å². The van der Waals surface area contributed by atoms with Crippen molar-refractivity contribution in [1.29, 1.82) is 0 Å². The minimum Gasteiger partial charge on any atom is -0.508 e. The summed E-state index contributed by atoms with van der Waals surface area (Å²) < 4.78 is 1.59. The van der Waals surface area contributed by atoms with Gasteiger partial charge >= 0.3 is 5.97 Å². The average molecular weight is 289 g/mol. The van der Waals surface area contributed by atoms with E-state index in [-0.39, 0.29) is 17.4 Å². The zero-order valence-electron chi connectivity index (χ0n) is 11.4. The maximum absolute atomic E-state index is 12.0. The van der Waals surface area contributed by atoms with Crippen molar-refractivity contribution in [2.75, 3.05) is 6.54 Å². The number of benzene rings is 1. The summed E-state index contributed by atoms with van der Waals surface area (Å²) in [7, 11) is 0. The molecule has 0 radical (unpaired) electrons. The van der Waals surface area contributed by atoms with Gasteiger partial charge in [0.15, 0.2) is 5.69 Å². The van der Waals surface area contributed by atoms with Crippen LogP contribution >= 0.6 is 0 Å². The van der Waals surface area contributed by atoms with Crippen LogP contribution in [0.25, 0.3) is 0 Å². The lowest BCUT2D eigenvalue weighted by atomic mass is 10.1. The van der Waals surface area contributed by atoms with Gasteiger partial charge in [-0.15, -0.1) is 0 Å². The smallest absolute Gasteiger partial charge is 0.356 e. The quantitative estimate of drug-likeness (QED) is 0.762. The zero-order chi connectivity index (χ0) is 15.4. The Hall–Kier alpha value is -2.83. The molecule has 0 aliphatic heterocycles. The largest absolute Gasteiger partial charge is 0.508 e. The van der Waals surface area contributed by atoms with Crippen molar-refractivity contribution in [3.63, 3.8) is 0 Å². The third-order valence-electron chi connectivity index (χ3n) is 2.96. The Morgan fingerprint density at radius 1 is 1.38 bits per heavy atom. The zero-order valence-corrected chi connectivity index (χ0v) is 11.4. The van der Waals surface area contributed by atoms with E-state index >= 15 is 0 Å². The van der Waals surface area contributed by atoms with Crippen LogP contribution in [-0.2, 0) is 6.54 Å². The first-order valence-corrected chi connectivity index (χ1v) is 6.30. The van der Waals surface area contributed by atoms with E-state index in [1.807, 2.05) is 0 Å². The Morgan fingerprint density at radius 2 is 2.14 bits per heavy atom. The number of nitrogens with one attached hydrogen (secondary N) is 1. The molecule has 1 aromatic heterocycles. The van der Waals surface area contributed by atoms with Gasteiger partial charge in [0.1, 0.15) is 5.75 Å². The van der Waals surface area contributed by atoms with Gasteiger partial charge in [-0.05, 0) is 30.7 Å². The normalized spacial score (nSPS) is 10.3. The number of amides is 1. The Balaban J connectivity index is 1.90. The van der Waals surface area contributed by atoms with Gasteiger partial charge < -0.3 is 20.1 Å². The van der Waals surface area contributed by atoms with Gasteiger partial charge in [0, 0.05) is 24.8 Å². The van der Waals surface area contributed by atoms with Gasteiger partial charge in [-0.1, -0.05) is 0 Å². The molecule has 1 amide bonds. The van der Waals surface area contributed by atoms with Crippen LogP contribution in [0, 0.1) is 6.92 Å². The van der Waals surface area contributed by atoms with E-state index in [4.69, 9.17) is 5.11 Å². The third kappa shape index (κ3) is 3.59. The number of aryl methyl sites for hydroxylation is 1. The molecule has 0 fully saturated rings. The number of rotatable bonds is 5. The number of imidazole rings is 1. The lowest BCUT2D eigenvalue weighted by Gasteiger charge is -2.08. The predicted molar refractivity (Wildman–Crippen MR) is 74.4 cm³/mol. The second-order valence-electron chi connectivity index (χ2n) is 4.56. The molecule has 2 rings (SSSR count). The maximum atomic E-state index is 12.0. The van der Waals surface area contributed by atoms with Gasteiger partial charge in [-0.25, -0.2) is 9.78 Å². The number of carbonyl (C=O) groups excluding carboxylic acids is 1. The predicted octanol–water partition coefficient (Wildman–Crippen LogP) is 1.03. The molecule has 0 saturated heterocycles. The Labute approximate surface area is 120 Å². The molecule has 1 heterocycles. The molecule has 2 aromatic rings. The molecule has 7 nitrogen and oxygen atoms in total. The molecule has 3 N–H and O–H groups in total. The standard InChI is InChI=1S/C14H15N3O4/c1-9-6-10(18)2-3-11(9)13(19)15-4-5-17-7-12(14(20)21)16-8-17/h2-3,6-8,18H,4-5H2,1H3,(H,15,19)(H,20,21). The Morgan fingerprint density at radius 3 is 2.76 bits per heavy atom. The molecule has 21 heavy (non-hydrogen) atoms. The lowest BCUT2D eigenvalue weighted by molar-refractivity contribution is 0.0690. The first kappa shape index (κ1) is 14.6. The number of hydrogen-bond donors (Lipinski definition) is 3. The van der Waals surface area contributed by atoms with Gasteiger partial charge in [-0.2, -0.15) is 0 Å². The number of aromatic hydroxyl groups is 1. The Bertz CT molecular complexity index is 679. The fourth-order valence-corrected chi connectivity index (χ4v) is 1.89. The molecule has 110 valence electrons. The monoisotopic (exact) mass is 289 g/mol. The summed E-state index contributed by atoms with van der Waals surface area (Å²) in [6, 6.07) is 4.53. The highest BCUT2D eigenvalue weighted by molar-refractivity contribution is 5.95. The number of phenolic OH excluding ortho intramolecular Hbond substituents is 1. The number of aromatic nitrogens is 2. The first-order valence-electron chi connectivity index (χ1n) is 6.30. The summed E-state index contributed by atoms with van der Waals surface area (Å²) >= 11 is 0. The summed E-state index contributed by atoms with van der Waals surface area (Å²) in [5.74, 6) is -1.22. The molecule has 1 aromatic carbocycles. The van der Waals surface area contributed by atoms with Gasteiger partial charge in [0.05, 0.1) is 6.33 Å². The lowest BCUT2D eigenvalue weighted by Crippen LogP contribution is -2.27. The molecule has 0 atom stereocenters. The highest BCUT2D eigenvalue weighted by Crippen LogP contribution is 2.15. The molecule has 0 aliphatic rings. The molecule has 0 bridgehead atoms. The van der Waals surface area contributed by atoms with Crippen molar-refractivity contribution in [1.82, 2.24) is 14.9 Å². The van der Waals surface area contributed by atoms with E-state index in [1.54, 1.807) is 17.6 Å². The van der Waals surface area contributed by atoms with Crippen molar-refractivity contribution in [3.8, 4) is 5.75 Å². The Kier molecular flexibility index (Phi) is 4.22. The van der Waals surface area contributed by atoms with E-state index in [1.165, 1.54) is 24.7 Å². The first-order chi connectivity index (χ1) is 9.97. The maximum Gasteiger partial charge on any atom is 0.356 e. The molecule has 7 heteroatoms. The fourth-order valence-electron chi connectivity index (χ4n) is 1.89. The van der Waals surface area contributed by atoms with Crippen molar-refractivity contribution in [2.24, 2.45) is 0 Å². The molecular formula is C14H15N3O4. The number of nitrogens with zero attached hydrogens (tertiary/aromatic N) is 2. The van der Waals surface area contributed by atoms with E-state index in [0.29, 0.717) is 24.2 Å². The number of aromatic carboxylic acids is 1. The van der Waals surface area contributed by atoms with Gasteiger partial charge in [0.2, 0.25) is 0 Å². The molecular weight excluding hydrogens is 274 g/mol. The third-order valence-corrected chi connectivity index (χ3v) is 2.96. The number of carboxylic acids is 1. The number of hydrogen-bond acceptors (Lipinski definition) is 4. The van der Waals surface area contributed by atoms with Gasteiger partial charge in [0.25, 0.3) is 5.91 Å². The highest BCUT2D eigenvalue weighted by Gasteiger charge is 2.09. The van der Waals surface area contributed by atoms with Crippen LogP contribution in [0.2, 0.25) is 0 Å². The van der Waals surface area contributed by atoms with Crippen molar-refractivity contribution in [3.05, 3.63) is 47.5 Å². The molecule has 0 unspecified atom stereocenters. The van der Waals surface area contributed by atoms with Gasteiger partial charge in [-0.3, -0.25) is 4.79 Å². The summed E-state index contributed by atoms with van der Waals surface area (Å²) in [6.45, 7) is 2.50. The van der Waals surface area contributed by atoms with Crippen LogP contribution in [0.5, 0.6) is 5.75 Å². The van der Waals surface area contributed by atoms with Crippen molar-refractivity contribution < 1.29 is 19.8 Å². The fraction of sp³-hybridized carbons (Fsp3) is 0.214. The summed E-state index contributed by atoms with van der Waals surface area (Å²) in [5.41, 5.74) is 1.14. The molecule has 0 spiro atoms. The minimum absolute atomic E-state index is 0.0318. The van der Waals surface area contributed by atoms with Crippen molar-refractivity contribution >= 4 is 11.9 Å². The number of carboxylic acid groups (broad SMARTS) is 1. The SMILES string of the molecule is Cc1cc(O)ccc1C(=O)NCCn1cnc(C(=O)O)c1. The molecule has 0 saturated carbocycles. The highest BCUT2D eigenvalue weighted by atomic mass is 16.4. The topological polar surface area (TPSA) is 104 Å². The van der Waals surface area contributed by atoms with Crippen LogP contribution < -0.4 is 5.32 Å². The van der Waals surface area contributed by atoms with Crippen molar-refractivity contribution in [2.45, 2.75) is 13.5 Å². The van der Waals surface area contributed by atoms with Crippen LogP contribution in [-0.4, -0.2) is 38.2 Å². The number of phenols is 1. The second kappa shape index (κ2) is 6.08. The van der Waals surface area contributed by atoms with Crippen LogP contribution in [0.3, 0.4) is 0 Å². The van der Waals surface area contributed by atoms with Crippen LogP contribution in [0.15, 0.2) is 30.7 Å². The van der Waals surface area contributed by atoms with E-state index in [2.05, 4.69) is 10.3 Å². The summed E-state index contributed by atoms with van der Waals surface area (Å²) in [5, 5.41) is 20.8. The van der Waals surface area contributed by atoms with E-state index < -0.39 is 5.97 Å². The second-order valence-corrected chi connectivity index (χ2v) is 4.56. The van der Waals surface area contributed by atoms with Crippen LogP contribution in [0.1, 0.15) is 26.4 Å². The average Bonchev–Trinajstić information content (AvgIpc) is 2.87. The van der Waals surface area contributed by atoms with Crippen LogP contribution in [0.4, 0.5) is 0 Å². The minimum atomic E-state index is -1.09.